The van der Waals surface area contributed by atoms with Crippen molar-refractivity contribution >= 4 is 5.97 Å². The van der Waals surface area contributed by atoms with Crippen LogP contribution in [-0.4, -0.2) is 29.3 Å². The van der Waals surface area contributed by atoms with Crippen molar-refractivity contribution in [1.82, 2.24) is 9.88 Å². The van der Waals surface area contributed by atoms with Crippen molar-refractivity contribution in [3.8, 4) is 5.75 Å². The second-order valence-corrected chi connectivity index (χ2v) is 6.77. The Kier molecular flexibility index (Phi) is 6.21. The summed E-state index contributed by atoms with van der Waals surface area (Å²) in [5, 5.41) is 13.1. The molecule has 2 N–H and O–H groups in total. The summed E-state index contributed by atoms with van der Waals surface area (Å²) in [7, 11) is 1.64. The number of carbonyl (C=O) groups is 1. The van der Waals surface area contributed by atoms with E-state index in [1.165, 1.54) is 0 Å². The Hall–Kier alpha value is -2.99. The fourth-order valence-electron chi connectivity index (χ4n) is 3.48. The third kappa shape index (κ3) is 4.28. The summed E-state index contributed by atoms with van der Waals surface area (Å²) in [5.41, 5.74) is 4.05. The van der Waals surface area contributed by atoms with E-state index in [9.17, 15) is 9.90 Å². The van der Waals surface area contributed by atoms with Crippen LogP contribution in [0.3, 0.4) is 0 Å². The molecule has 0 radical (unpaired) electrons. The fourth-order valence-corrected chi connectivity index (χ4v) is 3.48. The number of methoxy groups -OCH3 is 1. The van der Waals surface area contributed by atoms with Crippen LogP contribution in [-0.2, 0) is 19.5 Å². The Morgan fingerprint density at radius 1 is 1.18 bits per heavy atom. The first-order valence-electron chi connectivity index (χ1n) is 9.29. The molecule has 0 aliphatic heterocycles. The molecule has 2 aromatic heterocycles. The standard InChI is InChI=1S/C22H26N2O4/c1-15-20(13-23-11-10-19-5-4-12-28-19)21(22(25)26)16(2)24(15)14-17-6-8-18(27-3)9-7-17/h4-9,12,23H,10-11,13-14H2,1-3H3,(H,25,26). The summed E-state index contributed by atoms with van der Waals surface area (Å²) >= 11 is 0. The van der Waals surface area contributed by atoms with E-state index in [1.54, 1.807) is 13.4 Å². The number of aromatic carboxylic acids is 1. The van der Waals surface area contributed by atoms with Gasteiger partial charge in [-0.25, -0.2) is 4.79 Å². The van der Waals surface area contributed by atoms with E-state index in [-0.39, 0.29) is 0 Å². The molecule has 0 saturated heterocycles. The summed E-state index contributed by atoms with van der Waals surface area (Å²) in [4.78, 5) is 11.9. The maximum Gasteiger partial charge on any atom is 0.337 e. The topological polar surface area (TPSA) is 76.6 Å². The van der Waals surface area contributed by atoms with Crippen LogP contribution in [0.25, 0.3) is 0 Å². The number of rotatable bonds is 9. The molecule has 0 atom stereocenters. The van der Waals surface area contributed by atoms with Gasteiger partial charge in [0.2, 0.25) is 0 Å². The molecule has 0 fully saturated rings. The first-order valence-corrected chi connectivity index (χ1v) is 9.29. The predicted octanol–water partition coefficient (Wildman–Crippen LogP) is 3.79. The number of hydrogen-bond donors (Lipinski definition) is 2. The van der Waals surface area contributed by atoms with Gasteiger partial charge in [-0.15, -0.1) is 0 Å². The van der Waals surface area contributed by atoms with Crippen molar-refractivity contribution < 1.29 is 19.1 Å². The second kappa shape index (κ2) is 8.80. The van der Waals surface area contributed by atoms with Crippen molar-refractivity contribution in [2.75, 3.05) is 13.7 Å². The zero-order valence-corrected chi connectivity index (χ0v) is 16.5. The molecule has 3 rings (SSSR count). The average molecular weight is 382 g/mol. The normalized spacial score (nSPS) is 11.0. The van der Waals surface area contributed by atoms with Gasteiger partial charge in [0.1, 0.15) is 11.5 Å². The molecule has 0 bridgehead atoms. The van der Waals surface area contributed by atoms with E-state index in [0.717, 1.165) is 40.4 Å². The molecule has 0 unspecified atom stereocenters. The molecular formula is C22H26N2O4. The van der Waals surface area contributed by atoms with Gasteiger partial charge in [-0.3, -0.25) is 0 Å². The molecule has 0 amide bonds. The smallest absolute Gasteiger partial charge is 0.337 e. The highest BCUT2D eigenvalue weighted by Gasteiger charge is 2.22. The number of hydrogen-bond acceptors (Lipinski definition) is 4. The number of carboxylic acids is 1. The third-order valence-electron chi connectivity index (χ3n) is 5.05. The minimum absolute atomic E-state index is 0.386. The van der Waals surface area contributed by atoms with E-state index in [4.69, 9.17) is 9.15 Å². The van der Waals surface area contributed by atoms with Gasteiger partial charge in [-0.2, -0.15) is 0 Å². The molecule has 6 heteroatoms. The Balaban J connectivity index is 1.77. The summed E-state index contributed by atoms with van der Waals surface area (Å²) in [6, 6.07) is 11.6. The predicted molar refractivity (Wildman–Crippen MR) is 107 cm³/mol. The van der Waals surface area contributed by atoms with Gasteiger partial charge in [0.15, 0.2) is 0 Å². The monoisotopic (exact) mass is 382 g/mol. The van der Waals surface area contributed by atoms with E-state index in [0.29, 0.717) is 25.2 Å². The highest BCUT2D eigenvalue weighted by molar-refractivity contribution is 5.91. The van der Waals surface area contributed by atoms with Crippen LogP contribution < -0.4 is 10.1 Å². The molecule has 2 heterocycles. The van der Waals surface area contributed by atoms with Crippen molar-refractivity contribution in [2.24, 2.45) is 0 Å². The van der Waals surface area contributed by atoms with Crippen LogP contribution in [0.5, 0.6) is 5.75 Å². The van der Waals surface area contributed by atoms with Gasteiger partial charge in [0.05, 0.1) is 18.9 Å². The lowest BCUT2D eigenvalue weighted by atomic mass is 10.1. The highest BCUT2D eigenvalue weighted by atomic mass is 16.5. The number of benzene rings is 1. The van der Waals surface area contributed by atoms with Gasteiger partial charge >= 0.3 is 5.97 Å². The van der Waals surface area contributed by atoms with Gasteiger partial charge in [0.25, 0.3) is 0 Å². The molecule has 0 saturated carbocycles. The lowest BCUT2D eigenvalue weighted by Crippen LogP contribution is -2.18. The second-order valence-electron chi connectivity index (χ2n) is 6.77. The maximum absolute atomic E-state index is 11.9. The Bertz CT molecular complexity index is 925. The summed E-state index contributed by atoms with van der Waals surface area (Å²) in [6.45, 7) is 5.69. The summed E-state index contributed by atoms with van der Waals surface area (Å²) in [5.74, 6) is 0.824. The zero-order chi connectivity index (χ0) is 20.1. The first kappa shape index (κ1) is 19.8. The summed E-state index contributed by atoms with van der Waals surface area (Å²) in [6.07, 6.45) is 2.42. The van der Waals surface area contributed by atoms with E-state index in [2.05, 4.69) is 9.88 Å². The first-order chi connectivity index (χ1) is 13.5. The minimum Gasteiger partial charge on any atom is -0.497 e. The van der Waals surface area contributed by atoms with E-state index >= 15 is 0 Å². The van der Waals surface area contributed by atoms with Gasteiger partial charge < -0.3 is 24.1 Å². The Morgan fingerprint density at radius 3 is 2.54 bits per heavy atom. The lowest BCUT2D eigenvalue weighted by molar-refractivity contribution is 0.0694. The lowest BCUT2D eigenvalue weighted by Gasteiger charge is -2.11. The largest absolute Gasteiger partial charge is 0.497 e. The van der Waals surface area contributed by atoms with Gasteiger partial charge in [-0.05, 0) is 43.7 Å². The number of aromatic nitrogens is 1. The van der Waals surface area contributed by atoms with Crippen LogP contribution in [0.2, 0.25) is 0 Å². The Morgan fingerprint density at radius 2 is 1.93 bits per heavy atom. The quantitative estimate of drug-likeness (QED) is 0.551. The van der Waals surface area contributed by atoms with Crippen molar-refractivity contribution in [1.29, 1.82) is 0 Å². The van der Waals surface area contributed by atoms with Crippen LogP contribution in [0.4, 0.5) is 0 Å². The van der Waals surface area contributed by atoms with Crippen molar-refractivity contribution in [3.63, 3.8) is 0 Å². The highest BCUT2D eigenvalue weighted by Crippen LogP contribution is 2.24. The van der Waals surface area contributed by atoms with E-state index in [1.807, 2.05) is 50.2 Å². The molecule has 3 aromatic rings. The van der Waals surface area contributed by atoms with Crippen LogP contribution in [0.1, 0.15) is 38.6 Å². The third-order valence-corrected chi connectivity index (χ3v) is 5.05. The molecule has 28 heavy (non-hydrogen) atoms. The fraction of sp³-hybridized carbons (Fsp3) is 0.318. The average Bonchev–Trinajstić information content (AvgIpc) is 3.28. The number of nitrogens with zero attached hydrogens (tertiary/aromatic N) is 1. The number of furan rings is 1. The molecule has 1 aromatic carbocycles. The summed E-state index contributed by atoms with van der Waals surface area (Å²) < 4.78 is 12.6. The molecular weight excluding hydrogens is 356 g/mol. The Labute approximate surface area is 164 Å². The molecule has 0 aliphatic rings. The SMILES string of the molecule is COc1ccc(Cn2c(C)c(CNCCc3ccco3)c(C(=O)O)c2C)cc1. The van der Waals surface area contributed by atoms with Crippen LogP contribution >= 0.6 is 0 Å². The van der Waals surface area contributed by atoms with E-state index < -0.39 is 5.97 Å². The molecule has 6 nitrogen and oxygen atoms in total. The maximum atomic E-state index is 11.9. The van der Waals surface area contributed by atoms with Crippen molar-refractivity contribution in [3.05, 3.63) is 76.5 Å². The zero-order valence-electron chi connectivity index (χ0n) is 16.5. The number of nitrogens with one attached hydrogen (secondary N) is 1. The van der Waals surface area contributed by atoms with Crippen LogP contribution in [0, 0.1) is 13.8 Å². The number of carboxylic acid groups (broad SMARTS) is 1. The van der Waals surface area contributed by atoms with Gasteiger partial charge in [0, 0.05) is 43.0 Å². The minimum atomic E-state index is -0.892. The molecule has 0 aliphatic carbocycles. The van der Waals surface area contributed by atoms with Crippen molar-refractivity contribution in [2.45, 2.75) is 33.4 Å². The molecule has 148 valence electrons. The van der Waals surface area contributed by atoms with Gasteiger partial charge in [-0.1, -0.05) is 12.1 Å². The number of ether oxygens (including phenoxy) is 1. The van der Waals surface area contributed by atoms with Crippen LogP contribution in [0.15, 0.2) is 47.1 Å². The molecule has 0 spiro atoms.